The molecule has 10 heteroatoms. The number of aryl methyl sites for hydroxylation is 1. The van der Waals surface area contributed by atoms with Crippen LogP contribution in [0.1, 0.15) is 32.7 Å². The number of fused-ring (bicyclic) bond motifs is 1. The molecule has 0 atom stereocenters. The molecule has 35 heavy (non-hydrogen) atoms. The Labute approximate surface area is 202 Å². The van der Waals surface area contributed by atoms with Crippen LogP contribution in [-0.4, -0.2) is 41.1 Å². The molecule has 3 aromatic carbocycles. The van der Waals surface area contributed by atoms with Crippen molar-refractivity contribution < 1.29 is 31.9 Å². The van der Waals surface area contributed by atoms with Crippen LogP contribution in [0.3, 0.4) is 0 Å². The third-order valence-corrected chi connectivity index (χ3v) is 7.53. The van der Waals surface area contributed by atoms with E-state index >= 15 is 0 Å². The zero-order valence-corrected chi connectivity index (χ0v) is 19.9. The van der Waals surface area contributed by atoms with Gasteiger partial charge in [-0.15, -0.1) is 0 Å². The number of benzene rings is 3. The van der Waals surface area contributed by atoms with Crippen molar-refractivity contribution >= 4 is 33.3 Å². The Morgan fingerprint density at radius 1 is 1.00 bits per heavy atom. The second-order valence-electron chi connectivity index (χ2n) is 7.82. The third-order valence-electron chi connectivity index (χ3n) is 5.70. The van der Waals surface area contributed by atoms with Gasteiger partial charge < -0.3 is 14.8 Å². The summed E-state index contributed by atoms with van der Waals surface area (Å²) in [5.41, 5.74) is 1.26. The highest BCUT2D eigenvalue weighted by Gasteiger charge is 2.32. The molecule has 0 aromatic heterocycles. The summed E-state index contributed by atoms with van der Waals surface area (Å²) in [6.45, 7) is 0.282. The lowest BCUT2D eigenvalue weighted by molar-refractivity contribution is 0.0600. The molecule has 182 valence electrons. The standard InChI is InChI=1S/C25H23FN2O6S/c1-33-22-12-10-17(24(29)27-20-14-18(25(30)34-2)9-11-19(20)26)15-23(22)35(31,32)28-13-5-7-16-6-3-4-8-21(16)28/h3-4,6,8-12,14-15H,5,7,13H2,1-2H3,(H,27,29). The summed E-state index contributed by atoms with van der Waals surface area (Å²) in [5, 5.41) is 2.39. The van der Waals surface area contributed by atoms with Crippen LogP contribution < -0.4 is 14.4 Å². The van der Waals surface area contributed by atoms with Crippen molar-refractivity contribution in [1.29, 1.82) is 0 Å². The van der Waals surface area contributed by atoms with E-state index in [-0.39, 0.29) is 34.0 Å². The van der Waals surface area contributed by atoms with Crippen LogP contribution in [-0.2, 0) is 21.2 Å². The number of nitrogens with zero attached hydrogens (tertiary/aromatic N) is 1. The first-order valence-electron chi connectivity index (χ1n) is 10.7. The van der Waals surface area contributed by atoms with Gasteiger partial charge in [-0.1, -0.05) is 18.2 Å². The number of anilines is 2. The van der Waals surface area contributed by atoms with Crippen LogP contribution in [0.4, 0.5) is 15.8 Å². The summed E-state index contributed by atoms with van der Waals surface area (Å²) in [7, 11) is -1.56. The molecule has 1 aliphatic heterocycles. The number of hydrogen-bond acceptors (Lipinski definition) is 6. The first-order chi connectivity index (χ1) is 16.8. The number of carbonyl (C=O) groups is 2. The molecule has 0 unspecified atom stereocenters. The average Bonchev–Trinajstić information content (AvgIpc) is 2.88. The molecule has 0 fully saturated rings. The lowest BCUT2D eigenvalue weighted by Crippen LogP contribution is -2.35. The van der Waals surface area contributed by atoms with E-state index in [4.69, 9.17) is 4.74 Å². The minimum absolute atomic E-state index is 0.0301. The van der Waals surface area contributed by atoms with Gasteiger partial charge in [0.1, 0.15) is 16.5 Å². The summed E-state index contributed by atoms with van der Waals surface area (Å²) >= 11 is 0. The lowest BCUT2D eigenvalue weighted by atomic mass is 10.0. The second-order valence-corrected chi connectivity index (χ2v) is 9.65. The number of ether oxygens (including phenoxy) is 2. The molecule has 1 N–H and O–H groups in total. The largest absolute Gasteiger partial charge is 0.495 e. The zero-order chi connectivity index (χ0) is 25.2. The second kappa shape index (κ2) is 9.75. The van der Waals surface area contributed by atoms with Crippen LogP contribution in [0.2, 0.25) is 0 Å². The number of halogens is 1. The number of nitrogens with one attached hydrogen (secondary N) is 1. The number of para-hydroxylation sites is 1. The smallest absolute Gasteiger partial charge is 0.337 e. The molecule has 0 spiro atoms. The maximum Gasteiger partial charge on any atom is 0.337 e. The van der Waals surface area contributed by atoms with E-state index in [9.17, 15) is 22.4 Å². The predicted molar refractivity (Wildman–Crippen MR) is 128 cm³/mol. The normalized spacial score (nSPS) is 13.1. The summed E-state index contributed by atoms with van der Waals surface area (Å²) in [6, 6.07) is 14.6. The Bertz CT molecular complexity index is 1410. The topological polar surface area (TPSA) is 102 Å². The maximum absolute atomic E-state index is 14.3. The number of carbonyl (C=O) groups excluding carboxylic acids is 2. The molecule has 0 aliphatic carbocycles. The Kier molecular flexibility index (Phi) is 6.74. The molecule has 3 aromatic rings. The van der Waals surface area contributed by atoms with Gasteiger partial charge >= 0.3 is 5.97 Å². The lowest BCUT2D eigenvalue weighted by Gasteiger charge is -2.31. The maximum atomic E-state index is 14.3. The van der Waals surface area contributed by atoms with Crippen molar-refractivity contribution in [3.63, 3.8) is 0 Å². The summed E-state index contributed by atoms with van der Waals surface area (Å²) < 4.78 is 52.9. The van der Waals surface area contributed by atoms with E-state index in [1.807, 2.05) is 12.1 Å². The van der Waals surface area contributed by atoms with Gasteiger partial charge in [-0.05, 0) is 60.9 Å². The quantitative estimate of drug-likeness (QED) is 0.515. The average molecular weight is 499 g/mol. The Morgan fingerprint density at radius 2 is 1.74 bits per heavy atom. The zero-order valence-electron chi connectivity index (χ0n) is 19.1. The molecule has 0 saturated carbocycles. The van der Waals surface area contributed by atoms with Crippen LogP contribution in [0.25, 0.3) is 0 Å². The third kappa shape index (κ3) is 4.69. The fourth-order valence-corrected chi connectivity index (χ4v) is 5.67. The van der Waals surface area contributed by atoms with Crippen molar-refractivity contribution in [2.75, 3.05) is 30.4 Å². The number of amides is 1. The highest BCUT2D eigenvalue weighted by atomic mass is 32.2. The first-order valence-corrected chi connectivity index (χ1v) is 12.2. The number of methoxy groups -OCH3 is 2. The van der Waals surface area contributed by atoms with Crippen molar-refractivity contribution in [2.24, 2.45) is 0 Å². The number of rotatable bonds is 6. The summed E-state index contributed by atoms with van der Waals surface area (Å²) in [6.07, 6.45) is 1.41. The van der Waals surface area contributed by atoms with Gasteiger partial charge in [-0.2, -0.15) is 0 Å². The fraction of sp³-hybridized carbons (Fsp3) is 0.200. The van der Waals surface area contributed by atoms with E-state index in [1.54, 1.807) is 12.1 Å². The Morgan fingerprint density at radius 3 is 2.49 bits per heavy atom. The monoisotopic (exact) mass is 498 g/mol. The minimum atomic E-state index is -4.08. The number of sulfonamides is 1. The highest BCUT2D eigenvalue weighted by molar-refractivity contribution is 7.93. The van der Waals surface area contributed by atoms with Crippen LogP contribution in [0.15, 0.2) is 65.6 Å². The molecule has 1 amide bonds. The molecule has 4 rings (SSSR count). The predicted octanol–water partition coefficient (Wildman–Crippen LogP) is 4.01. The van der Waals surface area contributed by atoms with Gasteiger partial charge in [-0.3, -0.25) is 9.10 Å². The molecular weight excluding hydrogens is 475 g/mol. The van der Waals surface area contributed by atoms with Crippen LogP contribution >= 0.6 is 0 Å². The van der Waals surface area contributed by atoms with Gasteiger partial charge in [0, 0.05) is 12.1 Å². The fourth-order valence-electron chi connectivity index (χ4n) is 3.95. The molecule has 0 bridgehead atoms. The van der Waals surface area contributed by atoms with Crippen molar-refractivity contribution in [3.05, 3.63) is 83.2 Å². The Hall–Kier alpha value is -3.92. The van der Waals surface area contributed by atoms with Crippen molar-refractivity contribution in [3.8, 4) is 5.75 Å². The SMILES string of the molecule is COC(=O)c1ccc(F)c(NC(=O)c2ccc(OC)c(S(=O)(=O)N3CCCc4ccccc43)c2)c1. The van der Waals surface area contributed by atoms with E-state index in [0.717, 1.165) is 24.1 Å². The number of hydrogen-bond donors (Lipinski definition) is 1. The molecule has 8 nitrogen and oxygen atoms in total. The molecular formula is C25H23FN2O6S. The van der Waals surface area contributed by atoms with Gasteiger partial charge in [0.05, 0.1) is 31.2 Å². The van der Waals surface area contributed by atoms with E-state index in [2.05, 4.69) is 10.1 Å². The highest BCUT2D eigenvalue weighted by Crippen LogP contribution is 2.35. The van der Waals surface area contributed by atoms with Gasteiger partial charge in [0.25, 0.3) is 15.9 Å². The van der Waals surface area contributed by atoms with Crippen LogP contribution in [0.5, 0.6) is 5.75 Å². The summed E-state index contributed by atoms with van der Waals surface area (Å²) in [4.78, 5) is 24.5. The summed E-state index contributed by atoms with van der Waals surface area (Å²) in [5.74, 6) is -2.15. The van der Waals surface area contributed by atoms with Gasteiger partial charge in [0.15, 0.2) is 0 Å². The molecule has 0 radical (unpaired) electrons. The molecule has 1 heterocycles. The molecule has 0 saturated heterocycles. The van der Waals surface area contributed by atoms with E-state index in [0.29, 0.717) is 12.1 Å². The minimum Gasteiger partial charge on any atom is -0.495 e. The van der Waals surface area contributed by atoms with E-state index < -0.39 is 27.7 Å². The Balaban J connectivity index is 1.70. The van der Waals surface area contributed by atoms with Gasteiger partial charge in [-0.25, -0.2) is 17.6 Å². The van der Waals surface area contributed by atoms with Crippen LogP contribution in [0, 0.1) is 5.82 Å². The molecule has 1 aliphatic rings. The van der Waals surface area contributed by atoms with Crippen molar-refractivity contribution in [1.82, 2.24) is 0 Å². The van der Waals surface area contributed by atoms with E-state index in [1.165, 1.54) is 42.8 Å². The first kappa shape index (κ1) is 24.2. The number of esters is 1. The van der Waals surface area contributed by atoms with Crippen molar-refractivity contribution in [2.45, 2.75) is 17.7 Å². The van der Waals surface area contributed by atoms with Gasteiger partial charge in [0.2, 0.25) is 0 Å².